The molecule has 0 aromatic heterocycles. The van der Waals surface area contributed by atoms with E-state index in [1.807, 2.05) is 12.2 Å². The van der Waals surface area contributed by atoms with Crippen LogP contribution in [0.15, 0.2) is 35.5 Å². The average Bonchev–Trinajstić information content (AvgIpc) is 2.35. The maximum atomic E-state index is 11.8. The van der Waals surface area contributed by atoms with Crippen molar-refractivity contribution < 1.29 is 14.3 Å². The van der Waals surface area contributed by atoms with Gasteiger partial charge in [-0.25, -0.2) is 4.79 Å². The quantitative estimate of drug-likeness (QED) is 0.411. The first-order valence-electron chi connectivity index (χ1n) is 7.05. The summed E-state index contributed by atoms with van der Waals surface area (Å²) < 4.78 is 4.67. The molecular weight excluding hydrogens is 252 g/mol. The Morgan fingerprint density at radius 2 is 1.95 bits per heavy atom. The third-order valence-corrected chi connectivity index (χ3v) is 3.31. The predicted octanol–water partition coefficient (Wildman–Crippen LogP) is 4.11. The van der Waals surface area contributed by atoms with Crippen molar-refractivity contribution in [3.63, 3.8) is 0 Å². The van der Waals surface area contributed by atoms with Gasteiger partial charge in [-0.15, -0.1) is 0 Å². The highest BCUT2D eigenvalue weighted by molar-refractivity contribution is 5.95. The SMILES string of the molecule is CC(=O)OC(=O)C1=CCCC(C)=CCC(C)(C)C=CC1. The third kappa shape index (κ3) is 6.00. The fraction of sp³-hybridized carbons (Fsp3) is 0.529. The molecule has 0 aromatic rings. The molecule has 110 valence electrons. The molecule has 0 saturated carbocycles. The Morgan fingerprint density at radius 1 is 1.25 bits per heavy atom. The molecule has 0 atom stereocenters. The summed E-state index contributed by atoms with van der Waals surface area (Å²) >= 11 is 0. The van der Waals surface area contributed by atoms with E-state index < -0.39 is 11.9 Å². The van der Waals surface area contributed by atoms with Gasteiger partial charge in [0, 0.05) is 12.5 Å². The molecule has 0 spiro atoms. The monoisotopic (exact) mass is 276 g/mol. The molecule has 1 aliphatic carbocycles. The number of hydrogen-bond donors (Lipinski definition) is 0. The Bertz CT molecular complexity index is 465. The standard InChI is InChI=1S/C17H24O3/c1-13-7-5-8-15(16(19)20-14(2)18)9-6-11-17(3,4)12-10-13/h6,8,10-11H,5,7,9,12H2,1-4H3. The van der Waals surface area contributed by atoms with Crippen molar-refractivity contribution in [3.05, 3.63) is 35.5 Å². The molecule has 0 aliphatic heterocycles. The van der Waals surface area contributed by atoms with E-state index in [2.05, 4.69) is 37.7 Å². The summed E-state index contributed by atoms with van der Waals surface area (Å²) in [5.74, 6) is -1.09. The van der Waals surface area contributed by atoms with Crippen molar-refractivity contribution >= 4 is 11.9 Å². The number of rotatable bonds is 1. The minimum absolute atomic E-state index is 0.0706. The van der Waals surface area contributed by atoms with Gasteiger partial charge in [-0.05, 0) is 38.0 Å². The van der Waals surface area contributed by atoms with Gasteiger partial charge in [0.05, 0.1) is 0 Å². The van der Waals surface area contributed by atoms with Crippen LogP contribution in [-0.2, 0) is 14.3 Å². The van der Waals surface area contributed by atoms with E-state index in [0.717, 1.165) is 19.3 Å². The van der Waals surface area contributed by atoms with Crippen LogP contribution in [0.2, 0.25) is 0 Å². The van der Waals surface area contributed by atoms with Gasteiger partial charge >= 0.3 is 11.9 Å². The van der Waals surface area contributed by atoms with Crippen LogP contribution in [0, 0.1) is 5.41 Å². The fourth-order valence-electron chi connectivity index (χ4n) is 2.03. The van der Waals surface area contributed by atoms with E-state index in [1.54, 1.807) is 0 Å². The third-order valence-electron chi connectivity index (χ3n) is 3.31. The summed E-state index contributed by atoms with van der Waals surface area (Å²) in [4.78, 5) is 22.7. The van der Waals surface area contributed by atoms with Gasteiger partial charge in [-0.3, -0.25) is 4.79 Å². The molecule has 0 radical (unpaired) electrons. The van der Waals surface area contributed by atoms with Crippen LogP contribution < -0.4 is 0 Å². The Hall–Kier alpha value is -1.64. The van der Waals surface area contributed by atoms with Gasteiger partial charge < -0.3 is 4.74 Å². The molecule has 3 heteroatoms. The summed E-state index contributed by atoms with van der Waals surface area (Å²) in [7, 11) is 0. The topological polar surface area (TPSA) is 43.4 Å². The number of ether oxygens (including phenoxy) is 1. The van der Waals surface area contributed by atoms with Crippen LogP contribution in [-0.4, -0.2) is 11.9 Å². The molecule has 1 aliphatic rings. The highest BCUT2D eigenvalue weighted by Crippen LogP contribution is 2.26. The lowest BCUT2D eigenvalue weighted by Crippen LogP contribution is -2.11. The lowest BCUT2D eigenvalue weighted by atomic mass is 9.87. The van der Waals surface area contributed by atoms with Crippen LogP contribution in [0.5, 0.6) is 0 Å². The smallest absolute Gasteiger partial charge is 0.341 e. The fourth-order valence-corrected chi connectivity index (χ4v) is 2.03. The number of allylic oxidation sites excluding steroid dienone is 5. The van der Waals surface area contributed by atoms with E-state index in [4.69, 9.17) is 0 Å². The van der Waals surface area contributed by atoms with Crippen molar-refractivity contribution in [2.24, 2.45) is 5.41 Å². The van der Waals surface area contributed by atoms with Crippen LogP contribution >= 0.6 is 0 Å². The van der Waals surface area contributed by atoms with E-state index >= 15 is 0 Å². The Labute approximate surface area is 121 Å². The van der Waals surface area contributed by atoms with Crippen molar-refractivity contribution in [1.82, 2.24) is 0 Å². The summed E-state index contributed by atoms with van der Waals surface area (Å²) in [6, 6.07) is 0. The van der Waals surface area contributed by atoms with Crippen LogP contribution in [0.1, 0.15) is 53.4 Å². The van der Waals surface area contributed by atoms with Gasteiger partial charge in [0.15, 0.2) is 0 Å². The number of hydrogen-bond acceptors (Lipinski definition) is 3. The van der Waals surface area contributed by atoms with Crippen LogP contribution in [0.4, 0.5) is 0 Å². The molecule has 1 rings (SSSR count). The lowest BCUT2D eigenvalue weighted by Gasteiger charge is -2.18. The van der Waals surface area contributed by atoms with Gasteiger partial charge in [0.1, 0.15) is 0 Å². The first kappa shape index (κ1) is 16.4. The Kier molecular flexibility index (Phi) is 5.93. The summed E-state index contributed by atoms with van der Waals surface area (Å²) in [6.07, 6.45) is 11.5. The first-order valence-corrected chi connectivity index (χ1v) is 7.05. The minimum Gasteiger partial charge on any atom is -0.390 e. The normalized spacial score (nSPS) is 19.4. The summed E-state index contributed by atoms with van der Waals surface area (Å²) in [5.41, 5.74) is 1.95. The minimum atomic E-state index is -0.564. The maximum absolute atomic E-state index is 11.8. The second-order valence-corrected chi connectivity index (χ2v) is 6.00. The average molecular weight is 276 g/mol. The molecule has 3 nitrogen and oxygen atoms in total. The highest BCUT2D eigenvalue weighted by atomic mass is 16.6. The van der Waals surface area contributed by atoms with Crippen LogP contribution in [0.3, 0.4) is 0 Å². The highest BCUT2D eigenvalue weighted by Gasteiger charge is 2.15. The van der Waals surface area contributed by atoms with E-state index in [-0.39, 0.29) is 5.41 Å². The second-order valence-electron chi connectivity index (χ2n) is 6.00. The molecule has 0 aromatic carbocycles. The second kappa shape index (κ2) is 7.22. The van der Waals surface area contributed by atoms with Crippen molar-refractivity contribution in [1.29, 1.82) is 0 Å². The van der Waals surface area contributed by atoms with E-state index in [1.165, 1.54) is 12.5 Å². The molecule has 0 fully saturated rings. The van der Waals surface area contributed by atoms with Crippen molar-refractivity contribution in [2.75, 3.05) is 0 Å². The predicted molar refractivity (Wildman–Crippen MR) is 80.0 cm³/mol. The summed E-state index contributed by atoms with van der Waals surface area (Å²) in [5, 5.41) is 0. The van der Waals surface area contributed by atoms with Crippen molar-refractivity contribution in [2.45, 2.75) is 53.4 Å². The van der Waals surface area contributed by atoms with E-state index in [9.17, 15) is 9.59 Å². The molecule has 0 unspecified atom stereocenters. The van der Waals surface area contributed by atoms with Gasteiger partial charge in [0.25, 0.3) is 0 Å². The number of carbonyl (C=O) groups excluding carboxylic acids is 2. The van der Waals surface area contributed by atoms with Gasteiger partial charge in [-0.1, -0.05) is 43.7 Å². The van der Waals surface area contributed by atoms with Gasteiger partial charge in [0.2, 0.25) is 0 Å². The van der Waals surface area contributed by atoms with E-state index in [0.29, 0.717) is 12.0 Å². The maximum Gasteiger partial charge on any atom is 0.341 e. The largest absolute Gasteiger partial charge is 0.390 e. The zero-order valence-electron chi connectivity index (χ0n) is 12.9. The molecule has 20 heavy (non-hydrogen) atoms. The number of carbonyl (C=O) groups is 2. The number of esters is 2. The lowest BCUT2D eigenvalue weighted by molar-refractivity contribution is -0.155. The summed E-state index contributed by atoms with van der Waals surface area (Å²) in [6.45, 7) is 7.69. The molecule has 0 amide bonds. The molecule has 0 heterocycles. The molecule has 0 bridgehead atoms. The van der Waals surface area contributed by atoms with Gasteiger partial charge in [-0.2, -0.15) is 0 Å². The Morgan fingerprint density at radius 3 is 2.60 bits per heavy atom. The first-order chi connectivity index (χ1) is 9.30. The zero-order valence-corrected chi connectivity index (χ0v) is 12.9. The van der Waals surface area contributed by atoms with Crippen LogP contribution in [0.25, 0.3) is 0 Å². The molecular formula is C17H24O3. The van der Waals surface area contributed by atoms with Crippen molar-refractivity contribution in [3.8, 4) is 0 Å². The Balaban J connectivity index is 2.91. The zero-order chi connectivity index (χ0) is 15.2. The molecule has 0 saturated heterocycles. The molecule has 0 N–H and O–H groups in total.